The van der Waals surface area contributed by atoms with E-state index < -0.39 is 17.6 Å². The number of aryl methyl sites for hydroxylation is 2. The molecule has 0 aliphatic heterocycles. The van der Waals surface area contributed by atoms with Crippen molar-refractivity contribution in [2.75, 3.05) is 5.32 Å². The number of para-hydroxylation sites is 1. The lowest BCUT2D eigenvalue weighted by Gasteiger charge is -2.16. The van der Waals surface area contributed by atoms with E-state index in [1.54, 1.807) is 38.1 Å². The fourth-order valence-electron chi connectivity index (χ4n) is 3.14. The molecule has 0 bridgehead atoms. The molecule has 1 aromatic heterocycles. The third-order valence-corrected chi connectivity index (χ3v) is 4.96. The highest BCUT2D eigenvalue weighted by Gasteiger charge is 2.34. The van der Waals surface area contributed by atoms with Crippen molar-refractivity contribution in [3.63, 3.8) is 0 Å². The van der Waals surface area contributed by atoms with Crippen molar-refractivity contribution < 1.29 is 18.0 Å². The van der Waals surface area contributed by atoms with Crippen LogP contribution in [0, 0.1) is 20.8 Å². The normalized spacial score (nSPS) is 11.5. The van der Waals surface area contributed by atoms with Crippen LogP contribution < -0.4 is 5.32 Å². The molecule has 0 saturated heterocycles. The van der Waals surface area contributed by atoms with Gasteiger partial charge in [-0.25, -0.2) is 0 Å². The number of rotatable bonds is 3. The average molecular weight is 407 g/mol. The number of benzene rings is 2. The third-order valence-electron chi connectivity index (χ3n) is 4.56. The fourth-order valence-corrected chi connectivity index (χ4v) is 3.32. The Balaban J connectivity index is 2.01. The first-order valence-electron chi connectivity index (χ1n) is 8.52. The Hall–Kier alpha value is -2.73. The second kappa shape index (κ2) is 7.36. The van der Waals surface area contributed by atoms with Gasteiger partial charge in [-0.3, -0.25) is 4.79 Å². The van der Waals surface area contributed by atoms with Crippen LogP contribution in [0.3, 0.4) is 0 Å². The topological polar surface area (TPSA) is 34.0 Å². The quantitative estimate of drug-likeness (QED) is 0.542. The molecule has 0 saturated carbocycles. The van der Waals surface area contributed by atoms with E-state index in [0.29, 0.717) is 27.7 Å². The maximum Gasteiger partial charge on any atom is 0.418 e. The van der Waals surface area contributed by atoms with E-state index in [9.17, 15) is 18.0 Å². The molecular weight excluding hydrogens is 389 g/mol. The first-order valence-corrected chi connectivity index (χ1v) is 8.90. The van der Waals surface area contributed by atoms with Crippen LogP contribution in [0.4, 0.5) is 18.9 Å². The lowest BCUT2D eigenvalue weighted by molar-refractivity contribution is -0.137. The second-order valence-electron chi connectivity index (χ2n) is 6.55. The fraction of sp³-hybridized carbons (Fsp3) is 0.190. The number of hydrogen-bond donors (Lipinski definition) is 1. The number of carbonyl (C=O) groups is 1. The number of carbonyl (C=O) groups excluding carboxylic acids is 1. The highest BCUT2D eigenvalue weighted by molar-refractivity contribution is 6.31. The molecule has 0 fully saturated rings. The second-order valence-corrected chi connectivity index (χ2v) is 6.96. The summed E-state index contributed by atoms with van der Waals surface area (Å²) in [7, 11) is 0. The number of amides is 1. The number of nitrogens with one attached hydrogen (secondary N) is 1. The van der Waals surface area contributed by atoms with Gasteiger partial charge in [0, 0.05) is 22.1 Å². The third kappa shape index (κ3) is 3.78. The van der Waals surface area contributed by atoms with E-state index in [4.69, 9.17) is 11.6 Å². The molecule has 7 heteroatoms. The van der Waals surface area contributed by atoms with Crippen LogP contribution in [0.15, 0.2) is 48.5 Å². The zero-order chi connectivity index (χ0) is 20.6. The largest absolute Gasteiger partial charge is 0.418 e. The minimum Gasteiger partial charge on any atom is -0.322 e. The van der Waals surface area contributed by atoms with E-state index in [0.717, 1.165) is 11.6 Å². The summed E-state index contributed by atoms with van der Waals surface area (Å²) in [4.78, 5) is 12.7. The Morgan fingerprint density at radius 3 is 2.36 bits per heavy atom. The van der Waals surface area contributed by atoms with Gasteiger partial charge in [-0.05, 0) is 56.7 Å². The zero-order valence-electron chi connectivity index (χ0n) is 15.5. The molecule has 0 aliphatic rings. The summed E-state index contributed by atoms with van der Waals surface area (Å²) in [6.45, 7) is 5.14. The van der Waals surface area contributed by atoms with Gasteiger partial charge < -0.3 is 9.88 Å². The Morgan fingerprint density at radius 2 is 1.71 bits per heavy atom. The molecule has 28 heavy (non-hydrogen) atoms. The highest BCUT2D eigenvalue weighted by Crippen LogP contribution is 2.35. The predicted molar refractivity (Wildman–Crippen MR) is 104 cm³/mol. The lowest BCUT2D eigenvalue weighted by Crippen LogP contribution is -2.15. The van der Waals surface area contributed by atoms with E-state index in [2.05, 4.69) is 5.32 Å². The van der Waals surface area contributed by atoms with Crippen molar-refractivity contribution in [3.8, 4) is 5.69 Å². The average Bonchev–Trinajstić information content (AvgIpc) is 2.92. The zero-order valence-corrected chi connectivity index (χ0v) is 16.2. The Morgan fingerprint density at radius 1 is 1.04 bits per heavy atom. The predicted octanol–water partition coefficient (Wildman–Crippen LogP) is 6.33. The summed E-state index contributed by atoms with van der Waals surface area (Å²) in [6.07, 6.45) is -4.50. The van der Waals surface area contributed by atoms with E-state index in [-0.39, 0.29) is 5.69 Å². The van der Waals surface area contributed by atoms with Crippen LogP contribution in [0.2, 0.25) is 5.02 Å². The van der Waals surface area contributed by atoms with E-state index in [1.807, 2.05) is 6.92 Å². The van der Waals surface area contributed by atoms with Gasteiger partial charge >= 0.3 is 6.18 Å². The number of anilines is 1. The molecular formula is C21H18ClF3N2O. The number of aromatic nitrogens is 1. The molecule has 3 rings (SSSR count). The van der Waals surface area contributed by atoms with Crippen molar-refractivity contribution in [2.45, 2.75) is 26.9 Å². The lowest BCUT2D eigenvalue weighted by atomic mass is 10.1. The summed E-state index contributed by atoms with van der Waals surface area (Å²) in [6, 6.07) is 12.0. The van der Waals surface area contributed by atoms with Gasteiger partial charge in [-0.2, -0.15) is 13.2 Å². The summed E-state index contributed by atoms with van der Waals surface area (Å²) in [5.74, 6) is -0.413. The molecule has 1 N–H and O–H groups in total. The van der Waals surface area contributed by atoms with Crippen LogP contribution >= 0.6 is 11.6 Å². The van der Waals surface area contributed by atoms with Gasteiger partial charge in [0.05, 0.1) is 16.8 Å². The van der Waals surface area contributed by atoms with Crippen LogP contribution in [0.25, 0.3) is 5.69 Å². The van der Waals surface area contributed by atoms with Crippen LogP contribution in [0.1, 0.15) is 32.9 Å². The van der Waals surface area contributed by atoms with Crippen molar-refractivity contribution in [1.82, 2.24) is 4.57 Å². The molecule has 0 atom stereocenters. The van der Waals surface area contributed by atoms with Gasteiger partial charge in [-0.15, -0.1) is 0 Å². The monoisotopic (exact) mass is 406 g/mol. The maximum atomic E-state index is 13.4. The van der Waals surface area contributed by atoms with Crippen LogP contribution in [0.5, 0.6) is 0 Å². The van der Waals surface area contributed by atoms with Gasteiger partial charge in [0.1, 0.15) is 0 Å². The Labute approximate surface area is 165 Å². The molecule has 0 radical (unpaired) electrons. The van der Waals surface area contributed by atoms with Crippen molar-refractivity contribution >= 4 is 23.2 Å². The molecule has 0 spiro atoms. The molecule has 0 aliphatic carbocycles. The minimum absolute atomic E-state index is 0.0116. The van der Waals surface area contributed by atoms with E-state index in [1.165, 1.54) is 22.8 Å². The number of halogens is 4. The summed E-state index contributed by atoms with van der Waals surface area (Å²) >= 11 is 6.08. The smallest absolute Gasteiger partial charge is 0.322 e. The first-order chi connectivity index (χ1) is 13.1. The SMILES string of the molecule is Cc1ccc(NC(=O)c2cc(C)n(-c3ccccc3C(F)(F)F)c2C)cc1Cl. The van der Waals surface area contributed by atoms with Gasteiger partial charge in [0.15, 0.2) is 0 Å². The van der Waals surface area contributed by atoms with E-state index >= 15 is 0 Å². The summed E-state index contributed by atoms with van der Waals surface area (Å²) < 4.78 is 41.7. The molecule has 3 nitrogen and oxygen atoms in total. The van der Waals surface area contributed by atoms with Crippen molar-refractivity contribution in [3.05, 3.63) is 81.6 Å². The van der Waals surface area contributed by atoms with Gasteiger partial charge in [0.25, 0.3) is 5.91 Å². The standard InChI is InChI=1S/C21H18ClF3N2O/c1-12-8-9-15(11-18(12)22)26-20(28)16-10-13(2)27(14(16)3)19-7-5-4-6-17(19)21(23,24)25/h4-11H,1-3H3,(H,26,28). The summed E-state index contributed by atoms with van der Waals surface area (Å²) in [5.41, 5.74) is 1.87. The Kier molecular flexibility index (Phi) is 5.26. The van der Waals surface area contributed by atoms with Crippen molar-refractivity contribution in [1.29, 1.82) is 0 Å². The molecule has 0 unspecified atom stereocenters. The first kappa shape index (κ1) is 20.0. The molecule has 2 aromatic carbocycles. The van der Waals surface area contributed by atoms with Crippen LogP contribution in [-0.2, 0) is 6.18 Å². The molecule has 1 heterocycles. The number of alkyl halides is 3. The van der Waals surface area contributed by atoms with Gasteiger partial charge in [-0.1, -0.05) is 29.8 Å². The van der Waals surface area contributed by atoms with Crippen molar-refractivity contribution in [2.24, 2.45) is 0 Å². The van der Waals surface area contributed by atoms with Crippen LogP contribution in [-0.4, -0.2) is 10.5 Å². The highest BCUT2D eigenvalue weighted by atomic mass is 35.5. The van der Waals surface area contributed by atoms with Gasteiger partial charge in [0.2, 0.25) is 0 Å². The Bertz CT molecular complexity index is 1050. The molecule has 146 valence electrons. The molecule has 3 aromatic rings. The molecule has 1 amide bonds. The minimum atomic E-state index is -4.50. The number of hydrogen-bond acceptors (Lipinski definition) is 1. The maximum absolute atomic E-state index is 13.4. The number of nitrogens with zero attached hydrogens (tertiary/aromatic N) is 1. The summed E-state index contributed by atoms with van der Waals surface area (Å²) in [5, 5.41) is 3.26.